The van der Waals surface area contributed by atoms with Gasteiger partial charge in [-0.15, -0.1) is 0 Å². The van der Waals surface area contributed by atoms with E-state index in [9.17, 15) is 0 Å². The van der Waals surface area contributed by atoms with Crippen molar-refractivity contribution in [2.45, 2.75) is 31.6 Å². The largest absolute Gasteiger partial charge is 0.396 e. The highest BCUT2D eigenvalue weighted by molar-refractivity contribution is 5.25. The van der Waals surface area contributed by atoms with Gasteiger partial charge in [-0.3, -0.25) is 4.68 Å². The predicted octanol–water partition coefficient (Wildman–Crippen LogP) is 1.22. The van der Waals surface area contributed by atoms with E-state index in [0.717, 1.165) is 12.8 Å². The first-order valence-electron chi connectivity index (χ1n) is 4.94. The Morgan fingerprint density at radius 3 is 3.31 bits per heavy atom. The van der Waals surface area contributed by atoms with Gasteiger partial charge in [0.1, 0.15) is 0 Å². The molecule has 1 atom stereocenters. The Balaban J connectivity index is 2.27. The first-order chi connectivity index (χ1) is 6.33. The maximum Gasteiger partial charge on any atom is 0.0527 e. The summed E-state index contributed by atoms with van der Waals surface area (Å²) in [5.74, 6) is 0.544. The van der Waals surface area contributed by atoms with Crippen LogP contribution >= 0.6 is 0 Å². The summed E-state index contributed by atoms with van der Waals surface area (Å²) in [6.45, 7) is 0.291. The van der Waals surface area contributed by atoms with E-state index in [4.69, 9.17) is 5.11 Å². The highest BCUT2D eigenvalue weighted by atomic mass is 16.3. The quantitative estimate of drug-likeness (QED) is 0.743. The topological polar surface area (TPSA) is 38.0 Å². The fourth-order valence-corrected chi connectivity index (χ4v) is 2.25. The molecule has 1 aromatic heterocycles. The number of nitrogens with zero attached hydrogens (tertiary/aromatic N) is 2. The van der Waals surface area contributed by atoms with Crippen molar-refractivity contribution in [3.63, 3.8) is 0 Å². The average molecular weight is 180 g/mol. The zero-order chi connectivity index (χ0) is 9.26. The minimum Gasteiger partial charge on any atom is -0.396 e. The van der Waals surface area contributed by atoms with Gasteiger partial charge in [0.15, 0.2) is 0 Å². The van der Waals surface area contributed by atoms with Gasteiger partial charge in [0, 0.05) is 19.3 Å². The molecular weight excluding hydrogens is 164 g/mol. The standard InChI is InChI=1S/C10H16N2O/c1-12-10-4-2-3-8(5-6-13)9(10)7-11-12/h7-8,13H,2-6H2,1H3/t8-/m0/s1. The van der Waals surface area contributed by atoms with Gasteiger partial charge in [-0.1, -0.05) is 0 Å². The second kappa shape index (κ2) is 3.50. The van der Waals surface area contributed by atoms with Crippen LogP contribution in [0.2, 0.25) is 0 Å². The van der Waals surface area contributed by atoms with Crippen molar-refractivity contribution in [1.82, 2.24) is 9.78 Å². The number of aliphatic hydroxyl groups is 1. The molecule has 0 unspecified atom stereocenters. The monoisotopic (exact) mass is 180 g/mol. The van der Waals surface area contributed by atoms with Crippen LogP contribution in [0, 0.1) is 0 Å². The van der Waals surface area contributed by atoms with E-state index in [1.165, 1.54) is 24.1 Å². The minimum atomic E-state index is 0.291. The maximum absolute atomic E-state index is 8.92. The molecule has 13 heavy (non-hydrogen) atoms. The van der Waals surface area contributed by atoms with E-state index in [1.54, 1.807) is 0 Å². The molecule has 1 aromatic rings. The van der Waals surface area contributed by atoms with Crippen molar-refractivity contribution in [2.24, 2.45) is 7.05 Å². The summed E-state index contributed by atoms with van der Waals surface area (Å²) in [5, 5.41) is 13.2. The zero-order valence-corrected chi connectivity index (χ0v) is 8.03. The molecule has 1 aliphatic carbocycles. The molecule has 3 nitrogen and oxygen atoms in total. The third-order valence-corrected chi connectivity index (χ3v) is 2.98. The molecule has 1 aliphatic rings. The van der Waals surface area contributed by atoms with Crippen LogP contribution in [0.4, 0.5) is 0 Å². The van der Waals surface area contributed by atoms with Crippen LogP contribution in [0.25, 0.3) is 0 Å². The Hall–Kier alpha value is -0.830. The number of aliphatic hydroxyl groups excluding tert-OH is 1. The highest BCUT2D eigenvalue weighted by Crippen LogP contribution is 2.33. The Morgan fingerprint density at radius 2 is 2.54 bits per heavy atom. The second-order valence-corrected chi connectivity index (χ2v) is 3.77. The average Bonchev–Trinajstić information content (AvgIpc) is 2.50. The molecule has 0 saturated carbocycles. The first-order valence-corrected chi connectivity index (χ1v) is 4.94. The van der Waals surface area contributed by atoms with Crippen molar-refractivity contribution in [3.05, 3.63) is 17.5 Å². The van der Waals surface area contributed by atoms with Crippen LogP contribution < -0.4 is 0 Å². The zero-order valence-electron chi connectivity index (χ0n) is 8.03. The van der Waals surface area contributed by atoms with Gasteiger partial charge >= 0.3 is 0 Å². The van der Waals surface area contributed by atoms with Gasteiger partial charge in [0.05, 0.1) is 6.20 Å². The maximum atomic E-state index is 8.92. The molecule has 2 rings (SSSR count). The van der Waals surface area contributed by atoms with E-state index in [0.29, 0.717) is 12.5 Å². The van der Waals surface area contributed by atoms with Gasteiger partial charge in [-0.25, -0.2) is 0 Å². The molecule has 0 spiro atoms. The second-order valence-electron chi connectivity index (χ2n) is 3.77. The van der Waals surface area contributed by atoms with Gasteiger partial charge in [0.2, 0.25) is 0 Å². The summed E-state index contributed by atoms with van der Waals surface area (Å²) in [5.41, 5.74) is 2.73. The molecule has 0 aromatic carbocycles. The molecule has 0 bridgehead atoms. The number of aromatic nitrogens is 2. The Bertz CT molecular complexity index is 293. The molecule has 1 heterocycles. The van der Waals surface area contributed by atoms with Crippen molar-refractivity contribution in [2.75, 3.05) is 6.61 Å². The smallest absolute Gasteiger partial charge is 0.0527 e. The number of fused-ring (bicyclic) bond motifs is 1. The SMILES string of the molecule is Cn1ncc2c1CCC[C@H]2CCO. The molecule has 0 radical (unpaired) electrons. The van der Waals surface area contributed by atoms with Crippen LogP contribution in [0.15, 0.2) is 6.20 Å². The van der Waals surface area contributed by atoms with Gasteiger partial charge in [-0.2, -0.15) is 5.10 Å². The van der Waals surface area contributed by atoms with Crippen LogP contribution in [0.1, 0.15) is 36.4 Å². The summed E-state index contributed by atoms with van der Waals surface area (Å²) < 4.78 is 1.97. The lowest BCUT2D eigenvalue weighted by atomic mass is 9.85. The van der Waals surface area contributed by atoms with E-state index >= 15 is 0 Å². The van der Waals surface area contributed by atoms with Gasteiger partial charge in [-0.05, 0) is 37.2 Å². The fraction of sp³-hybridized carbons (Fsp3) is 0.700. The molecular formula is C10H16N2O. The molecule has 0 fully saturated rings. The Morgan fingerprint density at radius 1 is 1.69 bits per heavy atom. The normalized spacial score (nSPS) is 21.5. The Labute approximate surface area is 78.4 Å². The predicted molar refractivity (Wildman–Crippen MR) is 50.6 cm³/mol. The van der Waals surface area contributed by atoms with Crippen molar-refractivity contribution >= 4 is 0 Å². The van der Waals surface area contributed by atoms with E-state index < -0.39 is 0 Å². The number of rotatable bonds is 2. The molecule has 3 heteroatoms. The van der Waals surface area contributed by atoms with Crippen LogP contribution in [-0.4, -0.2) is 21.5 Å². The van der Waals surface area contributed by atoms with Crippen molar-refractivity contribution in [1.29, 1.82) is 0 Å². The summed E-state index contributed by atoms with van der Waals surface area (Å²) in [6, 6.07) is 0. The number of hydrogen-bond acceptors (Lipinski definition) is 2. The van der Waals surface area contributed by atoms with E-state index in [1.807, 2.05) is 17.9 Å². The van der Waals surface area contributed by atoms with Gasteiger partial charge < -0.3 is 5.11 Å². The summed E-state index contributed by atoms with van der Waals surface area (Å²) >= 11 is 0. The minimum absolute atomic E-state index is 0.291. The van der Waals surface area contributed by atoms with Crippen LogP contribution in [0.5, 0.6) is 0 Å². The van der Waals surface area contributed by atoms with E-state index in [2.05, 4.69) is 5.10 Å². The van der Waals surface area contributed by atoms with E-state index in [-0.39, 0.29) is 0 Å². The number of hydrogen-bond donors (Lipinski definition) is 1. The molecule has 0 amide bonds. The highest BCUT2D eigenvalue weighted by Gasteiger charge is 2.22. The van der Waals surface area contributed by atoms with Gasteiger partial charge in [0.25, 0.3) is 0 Å². The third kappa shape index (κ3) is 1.48. The van der Waals surface area contributed by atoms with Crippen molar-refractivity contribution < 1.29 is 5.11 Å². The summed E-state index contributed by atoms with van der Waals surface area (Å²) in [6.07, 6.45) is 6.44. The van der Waals surface area contributed by atoms with Crippen LogP contribution in [0.3, 0.4) is 0 Å². The molecule has 0 aliphatic heterocycles. The third-order valence-electron chi connectivity index (χ3n) is 2.98. The fourth-order valence-electron chi connectivity index (χ4n) is 2.25. The lowest BCUT2D eigenvalue weighted by Gasteiger charge is -2.21. The van der Waals surface area contributed by atoms with Crippen molar-refractivity contribution in [3.8, 4) is 0 Å². The first kappa shape index (κ1) is 8.75. The lowest BCUT2D eigenvalue weighted by molar-refractivity contribution is 0.269. The Kier molecular flexibility index (Phi) is 2.36. The van der Waals surface area contributed by atoms with Crippen LogP contribution in [-0.2, 0) is 13.5 Å². The molecule has 1 N–H and O–H groups in total. The lowest BCUT2D eigenvalue weighted by Crippen LogP contribution is -2.12. The molecule has 72 valence electrons. The molecule has 0 saturated heterocycles. The summed E-state index contributed by atoms with van der Waals surface area (Å²) in [7, 11) is 2.00. The summed E-state index contributed by atoms with van der Waals surface area (Å²) in [4.78, 5) is 0. The number of aryl methyl sites for hydroxylation is 1.